The van der Waals surface area contributed by atoms with Crippen LogP contribution in [-0.2, 0) is 0 Å². The summed E-state index contributed by atoms with van der Waals surface area (Å²) in [6.07, 6.45) is 5.01. The van der Waals surface area contributed by atoms with Crippen LogP contribution in [0.4, 0.5) is 0 Å². The van der Waals surface area contributed by atoms with Crippen LogP contribution in [0.25, 0.3) is 0 Å². The first kappa shape index (κ1) is 6.43. The van der Waals surface area contributed by atoms with Crippen molar-refractivity contribution in [3.63, 3.8) is 0 Å². The van der Waals surface area contributed by atoms with Crippen LogP contribution < -0.4 is 0 Å². The first-order valence-corrected chi connectivity index (χ1v) is 4.37. The molecule has 0 spiro atoms. The van der Waals surface area contributed by atoms with Gasteiger partial charge in [-0.3, -0.25) is 0 Å². The van der Waals surface area contributed by atoms with Gasteiger partial charge in [-0.2, -0.15) is 0 Å². The fourth-order valence-electron chi connectivity index (χ4n) is 0.899. The zero-order valence-electron chi connectivity index (χ0n) is 5.55. The Bertz CT molecular complexity index is 66.9. The molecule has 1 fully saturated rings. The number of nitrogens with zero attached hydrogens (tertiary/aromatic N) is 1. The van der Waals surface area contributed by atoms with Gasteiger partial charge in [0.15, 0.2) is 0 Å². The van der Waals surface area contributed by atoms with E-state index in [0.717, 1.165) is 6.04 Å². The average molecular weight is 131 g/mol. The van der Waals surface area contributed by atoms with Crippen LogP contribution in [0.5, 0.6) is 0 Å². The molecule has 0 aliphatic heterocycles. The molecule has 48 valence electrons. The van der Waals surface area contributed by atoms with Crippen molar-refractivity contribution in [1.29, 1.82) is 0 Å². The molecule has 1 nitrogen and oxygen atoms in total. The third-order valence-corrected chi connectivity index (χ3v) is 2.53. The largest absolute Gasteiger partial charge is 0.248 e. The van der Waals surface area contributed by atoms with Crippen molar-refractivity contribution >= 4 is 11.9 Å². The Balaban J connectivity index is 2.15. The van der Waals surface area contributed by atoms with Gasteiger partial charge in [-0.25, -0.2) is 4.31 Å². The normalized spacial score (nSPS) is 19.9. The molecule has 1 rings (SSSR count). The lowest BCUT2D eigenvalue weighted by molar-refractivity contribution is 0.490. The second kappa shape index (κ2) is 2.74. The van der Waals surface area contributed by atoms with Gasteiger partial charge in [0.05, 0.1) is 0 Å². The van der Waals surface area contributed by atoms with E-state index in [1.807, 2.05) is 11.9 Å². The molecule has 1 saturated carbocycles. The van der Waals surface area contributed by atoms with Gasteiger partial charge in [0.25, 0.3) is 0 Å². The molecule has 0 saturated heterocycles. The average Bonchev–Trinajstić information content (AvgIpc) is 2.53. The van der Waals surface area contributed by atoms with Crippen LogP contribution in [-0.4, -0.2) is 23.1 Å². The first-order chi connectivity index (χ1) is 3.88. The third-order valence-electron chi connectivity index (χ3n) is 1.50. The third kappa shape index (κ3) is 1.39. The summed E-state index contributed by atoms with van der Waals surface area (Å²) in [5.74, 6) is 0. The topological polar surface area (TPSA) is 3.24 Å². The summed E-state index contributed by atoms with van der Waals surface area (Å²) in [5, 5.41) is 0. The van der Waals surface area contributed by atoms with E-state index in [0.29, 0.717) is 0 Å². The van der Waals surface area contributed by atoms with Gasteiger partial charge in [0.1, 0.15) is 0 Å². The zero-order valence-corrected chi connectivity index (χ0v) is 6.37. The molecule has 0 atom stereocenters. The molecule has 1 aliphatic carbocycles. The Labute approximate surface area is 55.6 Å². The Kier molecular flexibility index (Phi) is 2.20. The van der Waals surface area contributed by atoms with Crippen LogP contribution in [0.2, 0.25) is 0 Å². The molecular formula is C6H13NS. The molecule has 0 heterocycles. The molecule has 0 N–H and O–H groups in total. The van der Waals surface area contributed by atoms with Crippen LogP contribution >= 0.6 is 11.9 Å². The minimum Gasteiger partial charge on any atom is -0.248 e. The molecule has 0 bridgehead atoms. The number of hydrogen-bond donors (Lipinski definition) is 0. The van der Waals surface area contributed by atoms with E-state index >= 15 is 0 Å². The minimum absolute atomic E-state index is 0.926. The maximum absolute atomic E-state index is 2.44. The van der Waals surface area contributed by atoms with E-state index in [2.05, 4.69) is 17.5 Å². The molecule has 0 amide bonds. The molecule has 0 aromatic carbocycles. The van der Waals surface area contributed by atoms with Crippen molar-refractivity contribution in [1.82, 2.24) is 4.31 Å². The molecular weight excluding hydrogens is 118 g/mol. The molecule has 0 aromatic heterocycles. The standard InChI is InChI=1S/C6H13NS/c1-3-7(8-2)6-4-5-6/h6H,3-5H2,1-2H3. The van der Waals surface area contributed by atoms with Crippen molar-refractivity contribution < 1.29 is 0 Å². The maximum Gasteiger partial charge on any atom is 0.0203 e. The lowest BCUT2D eigenvalue weighted by Gasteiger charge is -2.14. The highest BCUT2D eigenvalue weighted by Crippen LogP contribution is 2.30. The van der Waals surface area contributed by atoms with Gasteiger partial charge < -0.3 is 0 Å². The summed E-state index contributed by atoms with van der Waals surface area (Å²) in [4.78, 5) is 0. The highest BCUT2D eigenvalue weighted by atomic mass is 32.2. The molecule has 0 radical (unpaired) electrons. The van der Waals surface area contributed by atoms with E-state index in [4.69, 9.17) is 0 Å². The summed E-state index contributed by atoms with van der Waals surface area (Å²) in [7, 11) is 0. The molecule has 1 aliphatic rings. The first-order valence-electron chi connectivity index (χ1n) is 3.19. The van der Waals surface area contributed by atoms with Crippen LogP contribution in [0.15, 0.2) is 0 Å². The van der Waals surface area contributed by atoms with Gasteiger partial charge >= 0.3 is 0 Å². The van der Waals surface area contributed by atoms with Gasteiger partial charge in [-0.1, -0.05) is 18.9 Å². The SMILES string of the molecule is CCN(SC)C1CC1. The second-order valence-electron chi connectivity index (χ2n) is 2.15. The van der Waals surface area contributed by atoms with Gasteiger partial charge in [-0.05, 0) is 19.1 Å². The summed E-state index contributed by atoms with van der Waals surface area (Å²) in [6, 6.07) is 0.926. The lowest BCUT2D eigenvalue weighted by atomic mass is 10.6. The van der Waals surface area contributed by atoms with Crippen LogP contribution in [0.1, 0.15) is 19.8 Å². The van der Waals surface area contributed by atoms with Crippen LogP contribution in [0, 0.1) is 0 Å². The van der Waals surface area contributed by atoms with Crippen LogP contribution in [0.3, 0.4) is 0 Å². The fourth-order valence-corrected chi connectivity index (χ4v) is 1.67. The predicted molar refractivity (Wildman–Crippen MR) is 38.9 cm³/mol. The lowest BCUT2D eigenvalue weighted by Crippen LogP contribution is -2.16. The predicted octanol–water partition coefficient (Wildman–Crippen LogP) is 1.75. The second-order valence-corrected chi connectivity index (χ2v) is 2.98. The molecule has 2 heteroatoms. The Morgan fingerprint density at radius 3 is 2.38 bits per heavy atom. The van der Waals surface area contributed by atoms with E-state index in [-0.39, 0.29) is 0 Å². The quantitative estimate of drug-likeness (QED) is 0.537. The molecule has 0 unspecified atom stereocenters. The fraction of sp³-hybridized carbons (Fsp3) is 1.00. The maximum atomic E-state index is 2.44. The van der Waals surface area contributed by atoms with E-state index < -0.39 is 0 Å². The summed E-state index contributed by atoms with van der Waals surface area (Å²) >= 11 is 1.87. The molecule has 8 heavy (non-hydrogen) atoms. The van der Waals surface area contributed by atoms with Crippen molar-refractivity contribution in [3.05, 3.63) is 0 Å². The van der Waals surface area contributed by atoms with Gasteiger partial charge in [0, 0.05) is 12.6 Å². The van der Waals surface area contributed by atoms with E-state index in [9.17, 15) is 0 Å². The van der Waals surface area contributed by atoms with Crippen molar-refractivity contribution in [3.8, 4) is 0 Å². The highest BCUT2D eigenvalue weighted by Gasteiger charge is 2.26. The van der Waals surface area contributed by atoms with E-state index in [1.165, 1.54) is 19.4 Å². The van der Waals surface area contributed by atoms with Crippen molar-refractivity contribution in [2.24, 2.45) is 0 Å². The Morgan fingerprint density at radius 2 is 2.25 bits per heavy atom. The summed E-state index contributed by atoms with van der Waals surface area (Å²) in [5.41, 5.74) is 0. The molecule has 0 aromatic rings. The summed E-state index contributed by atoms with van der Waals surface area (Å²) < 4.78 is 2.44. The number of rotatable bonds is 3. The minimum atomic E-state index is 0.926. The highest BCUT2D eigenvalue weighted by molar-refractivity contribution is 7.96. The van der Waals surface area contributed by atoms with Crippen molar-refractivity contribution in [2.45, 2.75) is 25.8 Å². The Morgan fingerprint density at radius 1 is 1.62 bits per heavy atom. The van der Waals surface area contributed by atoms with Crippen molar-refractivity contribution in [2.75, 3.05) is 12.8 Å². The Hall–Kier alpha value is 0.310. The zero-order chi connectivity index (χ0) is 5.98. The smallest absolute Gasteiger partial charge is 0.0203 e. The monoisotopic (exact) mass is 131 g/mol. The summed E-state index contributed by atoms with van der Waals surface area (Å²) in [6.45, 7) is 3.42. The van der Waals surface area contributed by atoms with Gasteiger partial charge in [-0.15, -0.1) is 0 Å². The number of hydrogen-bond acceptors (Lipinski definition) is 2. The van der Waals surface area contributed by atoms with E-state index in [1.54, 1.807) is 0 Å². The van der Waals surface area contributed by atoms with Gasteiger partial charge in [0.2, 0.25) is 0 Å².